The molecule has 2 aromatic heterocycles. The van der Waals surface area contributed by atoms with Crippen molar-refractivity contribution < 1.29 is 0 Å². The minimum atomic E-state index is -0.164. The number of nitrogens with zero attached hydrogens (tertiary/aromatic N) is 2. The third-order valence-electron chi connectivity index (χ3n) is 4.06. The maximum atomic E-state index is 12.4. The van der Waals surface area contributed by atoms with Crippen molar-refractivity contribution >= 4 is 37.9 Å². The van der Waals surface area contributed by atoms with Crippen LogP contribution >= 0.6 is 15.9 Å². The number of H-pyrrole nitrogens is 2. The summed E-state index contributed by atoms with van der Waals surface area (Å²) in [5.41, 5.74) is 3.63. The van der Waals surface area contributed by atoms with Crippen LogP contribution in [0, 0.1) is 0 Å². The molecule has 114 valence electrons. The molecule has 0 saturated carbocycles. The molecule has 2 heterocycles. The Kier molecular flexibility index (Phi) is 3.27. The number of hydrogen-bond donors (Lipinski definition) is 2. The average Bonchev–Trinajstić information content (AvgIpc) is 2.93. The average molecular weight is 369 g/mol. The standard InChI is InChI=1S/C17H13BrN4O/c1-9(10-5-3-2-4-6-10)15-17(23)20-14-8-12-11(7-13(14)19-15)16(18)22-21-12/h2-9H,1H3,(H,20,23)(H,21,22). The first-order valence-electron chi connectivity index (χ1n) is 7.26. The summed E-state index contributed by atoms with van der Waals surface area (Å²) in [6.07, 6.45) is 0. The molecule has 23 heavy (non-hydrogen) atoms. The minimum Gasteiger partial charge on any atom is -0.319 e. The number of benzene rings is 2. The maximum Gasteiger partial charge on any atom is 0.270 e. The Labute approximate surface area is 139 Å². The van der Waals surface area contributed by atoms with Gasteiger partial charge in [0.2, 0.25) is 0 Å². The van der Waals surface area contributed by atoms with Gasteiger partial charge in [0.1, 0.15) is 10.3 Å². The molecule has 1 unspecified atom stereocenters. The van der Waals surface area contributed by atoms with E-state index in [1.54, 1.807) is 0 Å². The number of halogens is 1. The maximum absolute atomic E-state index is 12.4. The summed E-state index contributed by atoms with van der Waals surface area (Å²) >= 11 is 3.43. The van der Waals surface area contributed by atoms with Crippen LogP contribution in [0.25, 0.3) is 21.9 Å². The number of fused-ring (bicyclic) bond motifs is 2. The number of aromatic nitrogens is 4. The third kappa shape index (κ3) is 2.35. The van der Waals surface area contributed by atoms with Gasteiger partial charge >= 0.3 is 0 Å². The summed E-state index contributed by atoms with van der Waals surface area (Å²) in [5, 5.41) is 8.00. The molecule has 4 rings (SSSR count). The second-order valence-corrected chi connectivity index (χ2v) is 6.30. The molecule has 0 radical (unpaired) electrons. The van der Waals surface area contributed by atoms with Gasteiger partial charge in [-0.3, -0.25) is 9.89 Å². The fraction of sp³-hybridized carbons (Fsp3) is 0.118. The Balaban J connectivity index is 1.93. The summed E-state index contributed by atoms with van der Waals surface area (Å²) in [6, 6.07) is 13.7. The molecule has 0 aliphatic heterocycles. The normalized spacial score (nSPS) is 12.8. The van der Waals surface area contributed by atoms with Crippen LogP contribution in [0.1, 0.15) is 24.1 Å². The molecule has 5 nitrogen and oxygen atoms in total. The number of nitrogens with one attached hydrogen (secondary N) is 2. The molecule has 0 saturated heterocycles. The van der Waals surface area contributed by atoms with Gasteiger partial charge < -0.3 is 4.98 Å². The van der Waals surface area contributed by atoms with Gasteiger partial charge in [-0.05, 0) is 33.6 Å². The molecule has 6 heteroatoms. The van der Waals surface area contributed by atoms with Gasteiger partial charge in [0.25, 0.3) is 5.56 Å². The Morgan fingerprint density at radius 3 is 2.70 bits per heavy atom. The molecular weight excluding hydrogens is 356 g/mol. The Morgan fingerprint density at radius 1 is 1.13 bits per heavy atom. The zero-order valence-electron chi connectivity index (χ0n) is 12.3. The van der Waals surface area contributed by atoms with Gasteiger partial charge in [0.15, 0.2) is 0 Å². The van der Waals surface area contributed by atoms with Crippen molar-refractivity contribution in [3.63, 3.8) is 0 Å². The van der Waals surface area contributed by atoms with E-state index >= 15 is 0 Å². The largest absolute Gasteiger partial charge is 0.319 e. The topological polar surface area (TPSA) is 74.4 Å². The lowest BCUT2D eigenvalue weighted by molar-refractivity contribution is 0.853. The molecule has 0 fully saturated rings. The lowest BCUT2D eigenvalue weighted by Crippen LogP contribution is -2.18. The molecule has 0 aliphatic rings. The first-order chi connectivity index (χ1) is 11.1. The number of hydrogen-bond acceptors (Lipinski definition) is 3. The van der Waals surface area contributed by atoms with Gasteiger partial charge in [0, 0.05) is 11.3 Å². The first kappa shape index (κ1) is 14.1. The van der Waals surface area contributed by atoms with E-state index in [0.29, 0.717) is 11.2 Å². The van der Waals surface area contributed by atoms with Crippen LogP contribution in [0.3, 0.4) is 0 Å². The highest BCUT2D eigenvalue weighted by Gasteiger charge is 2.16. The summed E-state index contributed by atoms with van der Waals surface area (Å²) in [5.74, 6) is -0.0761. The van der Waals surface area contributed by atoms with E-state index in [2.05, 4.69) is 36.1 Å². The fourth-order valence-electron chi connectivity index (χ4n) is 2.77. The predicted octanol–water partition coefficient (Wildman–Crippen LogP) is 3.71. The molecular formula is C17H13BrN4O. The van der Waals surface area contributed by atoms with Gasteiger partial charge in [-0.25, -0.2) is 4.98 Å². The Bertz CT molecular complexity index is 1070. The van der Waals surface area contributed by atoms with Gasteiger partial charge in [-0.15, -0.1) is 0 Å². The highest BCUT2D eigenvalue weighted by atomic mass is 79.9. The van der Waals surface area contributed by atoms with Crippen LogP contribution in [0.5, 0.6) is 0 Å². The zero-order valence-corrected chi connectivity index (χ0v) is 13.9. The molecule has 0 bridgehead atoms. The lowest BCUT2D eigenvalue weighted by atomic mass is 9.98. The van der Waals surface area contributed by atoms with E-state index in [4.69, 9.17) is 0 Å². The van der Waals surface area contributed by atoms with Gasteiger partial charge in [-0.1, -0.05) is 37.3 Å². The molecule has 2 aromatic carbocycles. The molecule has 2 N–H and O–H groups in total. The highest BCUT2D eigenvalue weighted by molar-refractivity contribution is 9.10. The molecule has 0 spiro atoms. The van der Waals surface area contributed by atoms with Crippen LogP contribution in [-0.4, -0.2) is 20.2 Å². The van der Waals surface area contributed by atoms with E-state index in [1.165, 1.54) is 0 Å². The van der Waals surface area contributed by atoms with Crippen LogP contribution in [-0.2, 0) is 0 Å². The van der Waals surface area contributed by atoms with E-state index in [9.17, 15) is 4.79 Å². The molecule has 1 atom stereocenters. The summed E-state index contributed by atoms with van der Waals surface area (Å²) in [4.78, 5) is 20.0. The fourth-order valence-corrected chi connectivity index (χ4v) is 3.17. The highest BCUT2D eigenvalue weighted by Crippen LogP contribution is 2.26. The smallest absolute Gasteiger partial charge is 0.270 e. The van der Waals surface area contributed by atoms with E-state index < -0.39 is 0 Å². The van der Waals surface area contributed by atoms with Crippen LogP contribution in [0.4, 0.5) is 0 Å². The molecule has 0 aliphatic carbocycles. The van der Waals surface area contributed by atoms with Gasteiger partial charge in [0.05, 0.1) is 16.6 Å². The predicted molar refractivity (Wildman–Crippen MR) is 93.7 cm³/mol. The van der Waals surface area contributed by atoms with E-state index in [0.717, 1.165) is 26.6 Å². The molecule has 4 aromatic rings. The monoisotopic (exact) mass is 368 g/mol. The van der Waals surface area contributed by atoms with Crippen LogP contribution < -0.4 is 5.56 Å². The minimum absolute atomic E-state index is 0.0761. The third-order valence-corrected chi connectivity index (χ3v) is 4.66. The summed E-state index contributed by atoms with van der Waals surface area (Å²) < 4.78 is 0.806. The van der Waals surface area contributed by atoms with Gasteiger partial charge in [-0.2, -0.15) is 5.10 Å². The quantitative estimate of drug-likeness (QED) is 0.566. The number of rotatable bonds is 2. The number of aromatic amines is 2. The SMILES string of the molecule is CC(c1ccccc1)c1nc2cc3c(Br)[nH]nc3cc2[nH]c1=O. The van der Waals surface area contributed by atoms with Crippen LogP contribution in [0.2, 0.25) is 0 Å². The van der Waals surface area contributed by atoms with Crippen molar-refractivity contribution in [3.05, 3.63) is 68.7 Å². The second-order valence-electron chi connectivity index (χ2n) is 5.51. The van der Waals surface area contributed by atoms with E-state index in [-0.39, 0.29) is 11.5 Å². The van der Waals surface area contributed by atoms with Crippen molar-refractivity contribution in [1.82, 2.24) is 20.2 Å². The van der Waals surface area contributed by atoms with Crippen molar-refractivity contribution in [2.45, 2.75) is 12.8 Å². The summed E-state index contributed by atoms with van der Waals surface area (Å²) in [6.45, 7) is 1.99. The van der Waals surface area contributed by atoms with Crippen molar-refractivity contribution in [1.29, 1.82) is 0 Å². The Morgan fingerprint density at radius 2 is 1.91 bits per heavy atom. The van der Waals surface area contributed by atoms with Crippen molar-refractivity contribution in [2.75, 3.05) is 0 Å². The van der Waals surface area contributed by atoms with Crippen LogP contribution in [0.15, 0.2) is 51.9 Å². The molecule has 0 amide bonds. The van der Waals surface area contributed by atoms with Crippen molar-refractivity contribution in [2.24, 2.45) is 0 Å². The second kappa shape index (κ2) is 5.31. The summed E-state index contributed by atoms with van der Waals surface area (Å²) in [7, 11) is 0. The van der Waals surface area contributed by atoms with E-state index in [1.807, 2.05) is 49.4 Å². The zero-order chi connectivity index (χ0) is 16.0. The first-order valence-corrected chi connectivity index (χ1v) is 8.05. The van der Waals surface area contributed by atoms with Crippen molar-refractivity contribution in [3.8, 4) is 0 Å². The lowest BCUT2D eigenvalue weighted by Gasteiger charge is -2.11. The Hall–Kier alpha value is -2.47.